The highest BCUT2D eigenvalue weighted by Crippen LogP contribution is 2.35. The molecule has 0 heterocycles. The van der Waals surface area contributed by atoms with Crippen LogP contribution in [0.15, 0.2) is 42.5 Å². The van der Waals surface area contributed by atoms with Gasteiger partial charge in [0.15, 0.2) is 0 Å². The van der Waals surface area contributed by atoms with Crippen molar-refractivity contribution in [3.8, 4) is 11.5 Å². The largest absolute Gasteiger partial charge is 0.457 e. The zero-order valence-electron chi connectivity index (χ0n) is 12.7. The maximum Gasteiger partial charge on any atom is 0.132 e. The maximum atomic E-state index is 6.16. The monoisotopic (exact) mass is 269 g/mol. The molecule has 0 saturated heterocycles. The van der Waals surface area contributed by atoms with Crippen molar-refractivity contribution in [1.82, 2.24) is 0 Å². The molecule has 0 unspecified atom stereocenters. The molecule has 2 rings (SSSR count). The Morgan fingerprint density at radius 1 is 1.00 bits per heavy atom. The Bertz CT molecular complexity index is 597. The van der Waals surface area contributed by atoms with Crippen LogP contribution in [0.3, 0.4) is 0 Å². The summed E-state index contributed by atoms with van der Waals surface area (Å²) in [6, 6.07) is 14.3. The molecular formula is C18H23NO. The molecule has 2 nitrogen and oxygen atoms in total. The average Bonchev–Trinajstić information content (AvgIpc) is 2.38. The first-order valence-corrected chi connectivity index (χ1v) is 6.99. The molecule has 0 aromatic heterocycles. The fourth-order valence-corrected chi connectivity index (χ4v) is 2.22. The predicted molar refractivity (Wildman–Crippen MR) is 84.3 cm³/mol. The van der Waals surface area contributed by atoms with Crippen molar-refractivity contribution in [2.75, 3.05) is 0 Å². The summed E-state index contributed by atoms with van der Waals surface area (Å²) in [6.45, 7) is 9.11. The highest BCUT2D eigenvalue weighted by atomic mass is 16.5. The van der Waals surface area contributed by atoms with Gasteiger partial charge in [0.05, 0.1) is 0 Å². The fourth-order valence-electron chi connectivity index (χ4n) is 2.22. The first-order valence-electron chi connectivity index (χ1n) is 6.99. The van der Waals surface area contributed by atoms with Crippen LogP contribution >= 0.6 is 0 Å². The SMILES string of the molecule is Cc1ccc(CN)c(Oc2ccccc2C(C)(C)C)c1. The van der Waals surface area contributed by atoms with Gasteiger partial charge < -0.3 is 10.5 Å². The van der Waals surface area contributed by atoms with Gasteiger partial charge in [-0.15, -0.1) is 0 Å². The van der Waals surface area contributed by atoms with Crippen LogP contribution in [0, 0.1) is 6.92 Å². The van der Waals surface area contributed by atoms with Crippen molar-refractivity contribution in [2.24, 2.45) is 5.73 Å². The lowest BCUT2D eigenvalue weighted by atomic mass is 9.86. The number of benzene rings is 2. The summed E-state index contributed by atoms with van der Waals surface area (Å²) in [7, 11) is 0. The Morgan fingerprint density at radius 2 is 1.70 bits per heavy atom. The minimum atomic E-state index is 0.0449. The van der Waals surface area contributed by atoms with Gasteiger partial charge in [-0.25, -0.2) is 0 Å². The van der Waals surface area contributed by atoms with Crippen LogP contribution in [0.25, 0.3) is 0 Å². The average molecular weight is 269 g/mol. The number of aryl methyl sites for hydroxylation is 1. The maximum absolute atomic E-state index is 6.16. The first-order chi connectivity index (χ1) is 9.41. The van der Waals surface area contributed by atoms with E-state index < -0.39 is 0 Å². The molecule has 0 radical (unpaired) electrons. The molecule has 106 valence electrons. The third kappa shape index (κ3) is 3.20. The number of para-hydroxylation sites is 1. The number of hydrogen-bond acceptors (Lipinski definition) is 2. The Hall–Kier alpha value is -1.80. The van der Waals surface area contributed by atoms with Crippen LogP contribution in [0.5, 0.6) is 11.5 Å². The first kappa shape index (κ1) is 14.6. The highest BCUT2D eigenvalue weighted by molar-refractivity contribution is 5.45. The fraction of sp³-hybridized carbons (Fsp3) is 0.333. The smallest absolute Gasteiger partial charge is 0.132 e. The molecule has 2 aromatic carbocycles. The molecule has 0 spiro atoms. The summed E-state index contributed by atoms with van der Waals surface area (Å²) in [5.74, 6) is 1.75. The lowest BCUT2D eigenvalue weighted by Crippen LogP contribution is -2.12. The highest BCUT2D eigenvalue weighted by Gasteiger charge is 2.19. The van der Waals surface area contributed by atoms with Crippen LogP contribution in [-0.2, 0) is 12.0 Å². The van der Waals surface area contributed by atoms with Gasteiger partial charge in [0, 0.05) is 17.7 Å². The Balaban J connectivity index is 2.43. The van der Waals surface area contributed by atoms with Crippen LogP contribution in [-0.4, -0.2) is 0 Å². The topological polar surface area (TPSA) is 35.2 Å². The van der Waals surface area contributed by atoms with Crippen molar-refractivity contribution in [2.45, 2.75) is 39.7 Å². The zero-order chi connectivity index (χ0) is 14.8. The summed E-state index contributed by atoms with van der Waals surface area (Å²) in [4.78, 5) is 0. The number of hydrogen-bond donors (Lipinski definition) is 1. The van der Waals surface area contributed by atoms with E-state index in [0.717, 1.165) is 17.1 Å². The number of ether oxygens (including phenoxy) is 1. The summed E-state index contributed by atoms with van der Waals surface area (Å²) in [5.41, 5.74) is 9.24. The number of rotatable bonds is 3. The Morgan fingerprint density at radius 3 is 2.35 bits per heavy atom. The predicted octanol–water partition coefficient (Wildman–Crippen LogP) is 4.54. The molecule has 0 aliphatic rings. The molecule has 0 aliphatic carbocycles. The summed E-state index contributed by atoms with van der Waals surface area (Å²) in [5, 5.41) is 0. The molecule has 0 aliphatic heterocycles. The van der Waals surface area contributed by atoms with E-state index in [9.17, 15) is 0 Å². The van der Waals surface area contributed by atoms with Crippen LogP contribution in [0.4, 0.5) is 0 Å². The lowest BCUT2D eigenvalue weighted by molar-refractivity contribution is 0.450. The van der Waals surface area contributed by atoms with Crippen molar-refractivity contribution < 1.29 is 4.74 Å². The molecule has 0 amide bonds. The van der Waals surface area contributed by atoms with Crippen molar-refractivity contribution in [1.29, 1.82) is 0 Å². The minimum absolute atomic E-state index is 0.0449. The van der Waals surface area contributed by atoms with Gasteiger partial charge in [-0.1, -0.05) is 51.1 Å². The van der Waals surface area contributed by atoms with Crippen LogP contribution in [0.1, 0.15) is 37.5 Å². The van der Waals surface area contributed by atoms with E-state index in [2.05, 4.69) is 39.8 Å². The molecule has 2 heteroatoms. The van der Waals surface area contributed by atoms with E-state index in [4.69, 9.17) is 10.5 Å². The second-order valence-electron chi connectivity index (χ2n) is 6.16. The van der Waals surface area contributed by atoms with Gasteiger partial charge in [0.2, 0.25) is 0 Å². The van der Waals surface area contributed by atoms with Crippen LogP contribution < -0.4 is 10.5 Å². The van der Waals surface area contributed by atoms with Gasteiger partial charge in [-0.2, -0.15) is 0 Å². The van der Waals surface area contributed by atoms with E-state index in [0.29, 0.717) is 6.54 Å². The molecular weight excluding hydrogens is 246 g/mol. The lowest BCUT2D eigenvalue weighted by Gasteiger charge is -2.23. The summed E-state index contributed by atoms with van der Waals surface area (Å²) < 4.78 is 6.16. The zero-order valence-corrected chi connectivity index (χ0v) is 12.7. The Kier molecular flexibility index (Phi) is 4.15. The van der Waals surface area contributed by atoms with Gasteiger partial charge in [0.25, 0.3) is 0 Å². The molecule has 0 fully saturated rings. The third-order valence-electron chi connectivity index (χ3n) is 3.36. The van der Waals surface area contributed by atoms with Gasteiger partial charge in [-0.05, 0) is 30.0 Å². The van der Waals surface area contributed by atoms with Gasteiger partial charge >= 0.3 is 0 Å². The minimum Gasteiger partial charge on any atom is -0.457 e. The number of nitrogens with two attached hydrogens (primary N) is 1. The second kappa shape index (κ2) is 5.68. The van der Waals surface area contributed by atoms with Gasteiger partial charge in [-0.3, -0.25) is 0 Å². The molecule has 20 heavy (non-hydrogen) atoms. The molecule has 0 saturated carbocycles. The quantitative estimate of drug-likeness (QED) is 0.887. The summed E-state index contributed by atoms with van der Waals surface area (Å²) >= 11 is 0. The molecule has 0 atom stereocenters. The van der Waals surface area contributed by atoms with E-state index in [1.807, 2.05) is 30.3 Å². The van der Waals surface area contributed by atoms with Crippen LogP contribution in [0.2, 0.25) is 0 Å². The molecule has 2 N–H and O–H groups in total. The van der Waals surface area contributed by atoms with E-state index >= 15 is 0 Å². The van der Waals surface area contributed by atoms with Crippen molar-refractivity contribution in [3.05, 3.63) is 59.2 Å². The second-order valence-corrected chi connectivity index (χ2v) is 6.16. The summed E-state index contributed by atoms with van der Waals surface area (Å²) in [6.07, 6.45) is 0. The molecule has 2 aromatic rings. The standard InChI is InChI=1S/C18H23NO/c1-13-9-10-14(12-19)17(11-13)20-16-8-6-5-7-15(16)18(2,3)4/h5-11H,12,19H2,1-4H3. The molecule has 0 bridgehead atoms. The van der Waals surface area contributed by atoms with Crippen molar-refractivity contribution >= 4 is 0 Å². The van der Waals surface area contributed by atoms with E-state index in [-0.39, 0.29) is 5.41 Å². The normalized spacial score (nSPS) is 11.4. The Labute approximate surface area is 121 Å². The third-order valence-corrected chi connectivity index (χ3v) is 3.36. The van der Waals surface area contributed by atoms with E-state index in [1.54, 1.807) is 0 Å². The van der Waals surface area contributed by atoms with Gasteiger partial charge in [0.1, 0.15) is 11.5 Å². The van der Waals surface area contributed by atoms with Crippen molar-refractivity contribution in [3.63, 3.8) is 0 Å². The van der Waals surface area contributed by atoms with E-state index in [1.165, 1.54) is 11.1 Å².